The van der Waals surface area contributed by atoms with E-state index in [1.807, 2.05) is 37.4 Å². The monoisotopic (exact) mass is 238 g/mol. The van der Waals surface area contributed by atoms with Gasteiger partial charge in [0.15, 0.2) is 0 Å². The molecule has 0 saturated heterocycles. The summed E-state index contributed by atoms with van der Waals surface area (Å²) < 4.78 is 0. The van der Waals surface area contributed by atoms with Crippen molar-refractivity contribution in [2.45, 2.75) is 13.0 Å². The van der Waals surface area contributed by atoms with Crippen LogP contribution in [-0.2, 0) is 0 Å². The molecular formula is C14H14N4. The average molecular weight is 238 g/mol. The molecule has 0 aliphatic carbocycles. The smallest absolute Gasteiger partial charge is 0.140 e. The minimum atomic E-state index is 0.154. The Bertz CT molecular complexity index is 542. The predicted molar refractivity (Wildman–Crippen MR) is 70.0 cm³/mol. The van der Waals surface area contributed by atoms with Gasteiger partial charge < -0.3 is 4.90 Å². The highest BCUT2D eigenvalue weighted by molar-refractivity contribution is 5.46. The lowest BCUT2D eigenvalue weighted by atomic mass is 10.2. The molecule has 0 radical (unpaired) electrons. The molecule has 0 saturated carbocycles. The fourth-order valence-electron chi connectivity index (χ4n) is 1.71. The van der Waals surface area contributed by atoms with Crippen LogP contribution in [0.2, 0.25) is 0 Å². The van der Waals surface area contributed by atoms with Gasteiger partial charge in [-0.1, -0.05) is 6.07 Å². The highest BCUT2D eigenvalue weighted by atomic mass is 15.1. The van der Waals surface area contributed by atoms with E-state index >= 15 is 0 Å². The van der Waals surface area contributed by atoms with Crippen LogP contribution in [-0.4, -0.2) is 17.0 Å². The third-order valence-corrected chi connectivity index (χ3v) is 2.97. The third kappa shape index (κ3) is 2.46. The van der Waals surface area contributed by atoms with E-state index in [-0.39, 0.29) is 6.04 Å². The summed E-state index contributed by atoms with van der Waals surface area (Å²) in [5.74, 6) is 0. The van der Waals surface area contributed by atoms with Crippen molar-refractivity contribution in [2.24, 2.45) is 0 Å². The van der Waals surface area contributed by atoms with Crippen molar-refractivity contribution in [1.82, 2.24) is 9.97 Å². The standard InChI is InChI=1S/C14H14N4/c1-11(14-5-3-4-8-16-14)18(2)13-7-6-12(9-15)17-10-13/h3-8,10-11H,1-2H3/t11-/m1/s1. The Balaban J connectivity index is 2.20. The molecule has 1 atom stereocenters. The molecule has 2 aromatic heterocycles. The highest BCUT2D eigenvalue weighted by Crippen LogP contribution is 2.22. The quantitative estimate of drug-likeness (QED) is 0.824. The van der Waals surface area contributed by atoms with Gasteiger partial charge in [0.25, 0.3) is 0 Å². The van der Waals surface area contributed by atoms with Gasteiger partial charge in [0.1, 0.15) is 11.8 Å². The largest absolute Gasteiger partial charge is 0.365 e. The van der Waals surface area contributed by atoms with Crippen LogP contribution in [0.15, 0.2) is 42.7 Å². The lowest BCUT2D eigenvalue weighted by Crippen LogP contribution is -2.22. The molecule has 0 spiro atoms. The molecular weight excluding hydrogens is 224 g/mol. The Hall–Kier alpha value is -2.41. The van der Waals surface area contributed by atoms with Gasteiger partial charge in [-0.15, -0.1) is 0 Å². The number of hydrogen-bond donors (Lipinski definition) is 0. The summed E-state index contributed by atoms with van der Waals surface area (Å²) in [4.78, 5) is 10.5. The van der Waals surface area contributed by atoms with E-state index in [0.717, 1.165) is 11.4 Å². The molecule has 4 nitrogen and oxygen atoms in total. The molecule has 90 valence electrons. The van der Waals surface area contributed by atoms with Crippen LogP contribution in [0.4, 0.5) is 5.69 Å². The SMILES string of the molecule is C[C@H](c1ccccn1)N(C)c1ccc(C#N)nc1. The molecule has 4 heteroatoms. The summed E-state index contributed by atoms with van der Waals surface area (Å²) in [7, 11) is 1.99. The molecule has 0 N–H and O–H groups in total. The van der Waals surface area contributed by atoms with Gasteiger partial charge in [0, 0.05) is 13.2 Å². The van der Waals surface area contributed by atoms with E-state index in [2.05, 4.69) is 21.8 Å². The van der Waals surface area contributed by atoms with Gasteiger partial charge in [-0.25, -0.2) is 4.98 Å². The molecule has 0 aromatic carbocycles. The molecule has 0 unspecified atom stereocenters. The number of aromatic nitrogens is 2. The van der Waals surface area contributed by atoms with Gasteiger partial charge in [-0.2, -0.15) is 5.26 Å². The van der Waals surface area contributed by atoms with Crippen LogP contribution in [0, 0.1) is 11.3 Å². The molecule has 2 rings (SSSR count). The second-order valence-corrected chi connectivity index (χ2v) is 4.05. The first-order chi connectivity index (χ1) is 8.72. The van der Waals surface area contributed by atoms with Crippen molar-refractivity contribution in [2.75, 3.05) is 11.9 Å². The minimum Gasteiger partial charge on any atom is -0.365 e. The molecule has 18 heavy (non-hydrogen) atoms. The lowest BCUT2D eigenvalue weighted by Gasteiger charge is -2.26. The molecule has 0 amide bonds. The van der Waals surface area contributed by atoms with E-state index in [1.165, 1.54) is 0 Å². The maximum absolute atomic E-state index is 8.72. The topological polar surface area (TPSA) is 52.8 Å². The Morgan fingerprint density at radius 2 is 2.06 bits per heavy atom. The molecule has 0 fully saturated rings. The van der Waals surface area contributed by atoms with Crippen LogP contribution in [0.3, 0.4) is 0 Å². The lowest BCUT2D eigenvalue weighted by molar-refractivity contribution is 0.713. The van der Waals surface area contributed by atoms with Gasteiger partial charge in [0.2, 0.25) is 0 Å². The first-order valence-electron chi connectivity index (χ1n) is 5.72. The third-order valence-electron chi connectivity index (χ3n) is 2.97. The Morgan fingerprint density at radius 1 is 1.22 bits per heavy atom. The van der Waals surface area contributed by atoms with Crippen LogP contribution in [0.25, 0.3) is 0 Å². The van der Waals surface area contributed by atoms with E-state index < -0.39 is 0 Å². The number of nitriles is 1. The van der Waals surface area contributed by atoms with Crippen LogP contribution in [0.1, 0.15) is 24.4 Å². The molecule has 0 aliphatic heterocycles. The summed E-state index contributed by atoms with van der Waals surface area (Å²) in [5.41, 5.74) is 2.40. The van der Waals surface area contributed by atoms with E-state index in [9.17, 15) is 0 Å². The maximum atomic E-state index is 8.72. The van der Waals surface area contributed by atoms with Crippen molar-refractivity contribution >= 4 is 5.69 Å². The zero-order valence-corrected chi connectivity index (χ0v) is 10.4. The molecule has 2 heterocycles. The normalized spacial score (nSPS) is 11.6. The van der Waals surface area contributed by atoms with Crippen molar-refractivity contribution in [3.05, 3.63) is 54.1 Å². The first kappa shape index (κ1) is 12.1. The zero-order chi connectivity index (χ0) is 13.0. The molecule has 2 aromatic rings. The van der Waals surface area contributed by atoms with Gasteiger partial charge in [-0.3, -0.25) is 4.98 Å². The summed E-state index contributed by atoms with van der Waals surface area (Å²) in [6.07, 6.45) is 3.49. The fourth-order valence-corrected chi connectivity index (χ4v) is 1.71. The molecule has 0 aliphatic rings. The predicted octanol–water partition coefficient (Wildman–Crippen LogP) is 2.55. The second kappa shape index (κ2) is 5.28. The Labute approximate surface area is 107 Å². The van der Waals surface area contributed by atoms with Crippen molar-refractivity contribution < 1.29 is 0 Å². The highest BCUT2D eigenvalue weighted by Gasteiger charge is 2.13. The number of pyridine rings is 2. The zero-order valence-electron chi connectivity index (χ0n) is 10.4. The summed E-state index contributed by atoms with van der Waals surface area (Å²) in [6, 6.07) is 11.7. The van der Waals surface area contributed by atoms with Crippen molar-refractivity contribution in [3.8, 4) is 6.07 Å². The van der Waals surface area contributed by atoms with E-state index in [4.69, 9.17) is 5.26 Å². The summed E-state index contributed by atoms with van der Waals surface area (Å²) in [6.45, 7) is 2.08. The first-order valence-corrected chi connectivity index (χ1v) is 5.72. The van der Waals surface area contributed by atoms with Gasteiger partial charge in [-0.05, 0) is 31.2 Å². The molecule has 0 bridgehead atoms. The number of anilines is 1. The second-order valence-electron chi connectivity index (χ2n) is 4.05. The minimum absolute atomic E-state index is 0.154. The van der Waals surface area contributed by atoms with E-state index in [0.29, 0.717) is 5.69 Å². The number of hydrogen-bond acceptors (Lipinski definition) is 4. The average Bonchev–Trinajstić information content (AvgIpc) is 2.47. The Morgan fingerprint density at radius 3 is 2.61 bits per heavy atom. The van der Waals surface area contributed by atoms with Crippen LogP contribution in [0.5, 0.6) is 0 Å². The van der Waals surface area contributed by atoms with E-state index in [1.54, 1.807) is 18.5 Å². The Kier molecular flexibility index (Phi) is 3.54. The van der Waals surface area contributed by atoms with Crippen LogP contribution < -0.4 is 4.90 Å². The van der Waals surface area contributed by atoms with Crippen molar-refractivity contribution in [1.29, 1.82) is 5.26 Å². The summed E-state index contributed by atoms with van der Waals surface area (Å²) in [5, 5.41) is 8.72. The van der Waals surface area contributed by atoms with Crippen molar-refractivity contribution in [3.63, 3.8) is 0 Å². The fraction of sp³-hybridized carbons (Fsp3) is 0.214. The maximum Gasteiger partial charge on any atom is 0.140 e. The number of rotatable bonds is 3. The number of nitrogens with zero attached hydrogens (tertiary/aromatic N) is 4. The van der Waals surface area contributed by atoms with Gasteiger partial charge >= 0.3 is 0 Å². The summed E-state index contributed by atoms with van der Waals surface area (Å²) >= 11 is 0. The van der Waals surface area contributed by atoms with Crippen LogP contribution >= 0.6 is 0 Å². The van der Waals surface area contributed by atoms with Gasteiger partial charge in [0.05, 0.1) is 23.6 Å².